The third-order valence-corrected chi connectivity index (χ3v) is 6.19. The normalized spacial score (nSPS) is 14.3. The lowest BCUT2D eigenvalue weighted by Gasteiger charge is -2.26. The van der Waals surface area contributed by atoms with E-state index in [1.54, 1.807) is 0 Å². The lowest BCUT2D eigenvalue weighted by Crippen LogP contribution is -2.51. The first-order valence-corrected chi connectivity index (χ1v) is 11.8. The first-order valence-electron chi connectivity index (χ1n) is 11.8. The molecule has 2 amide bonds. The summed E-state index contributed by atoms with van der Waals surface area (Å²) in [6, 6.07) is 14.8. The van der Waals surface area contributed by atoms with Gasteiger partial charge < -0.3 is 20.5 Å². The Morgan fingerprint density at radius 2 is 1.47 bits per heavy atom. The maximum absolute atomic E-state index is 12.9. The van der Waals surface area contributed by atoms with Crippen LogP contribution in [0.3, 0.4) is 0 Å². The number of hydrogen-bond donors (Lipinski definition) is 3. The number of hydrogen-bond acceptors (Lipinski definition) is 4. The Labute approximate surface area is 200 Å². The van der Waals surface area contributed by atoms with Crippen LogP contribution in [0.2, 0.25) is 0 Å². The largest absolute Gasteiger partial charge is 0.481 e. The van der Waals surface area contributed by atoms with Crippen LogP contribution in [0.15, 0.2) is 48.5 Å². The van der Waals surface area contributed by atoms with Gasteiger partial charge in [0, 0.05) is 12.0 Å². The maximum Gasteiger partial charge on any atom is 0.407 e. The highest BCUT2D eigenvalue weighted by Gasteiger charge is 2.30. The van der Waals surface area contributed by atoms with Crippen molar-refractivity contribution >= 4 is 18.0 Å². The van der Waals surface area contributed by atoms with Gasteiger partial charge in [0.05, 0.1) is 6.42 Å². The van der Waals surface area contributed by atoms with Gasteiger partial charge in [-0.1, -0.05) is 76.2 Å². The molecule has 34 heavy (non-hydrogen) atoms. The van der Waals surface area contributed by atoms with Gasteiger partial charge in [-0.25, -0.2) is 4.79 Å². The van der Waals surface area contributed by atoms with E-state index < -0.39 is 30.1 Å². The molecule has 0 bridgehead atoms. The summed E-state index contributed by atoms with van der Waals surface area (Å²) < 4.78 is 5.59. The molecule has 2 unspecified atom stereocenters. The van der Waals surface area contributed by atoms with E-state index in [1.165, 1.54) is 0 Å². The van der Waals surface area contributed by atoms with Crippen LogP contribution in [0, 0.1) is 11.8 Å². The zero-order valence-electron chi connectivity index (χ0n) is 20.2. The summed E-state index contributed by atoms with van der Waals surface area (Å²) in [5.74, 6) is -1.38. The van der Waals surface area contributed by atoms with Crippen molar-refractivity contribution in [1.82, 2.24) is 10.6 Å². The standard InChI is InChI=1S/C27H34N2O5/c1-16(2)13-24(26(32)28-23(17(3)4)14-25(30)31)29-27(33)34-15-22-20-11-7-5-9-18(20)19-10-6-8-12-21(19)22/h5-12,16-17,22-24H,13-15H2,1-4H3,(H,28,32)(H,29,33)(H,30,31). The minimum absolute atomic E-state index is 0.0609. The fourth-order valence-corrected chi connectivity index (χ4v) is 4.41. The molecule has 0 radical (unpaired) electrons. The molecule has 1 aliphatic rings. The van der Waals surface area contributed by atoms with E-state index in [4.69, 9.17) is 9.84 Å². The number of carboxylic acid groups (broad SMARTS) is 1. The number of carbonyl (C=O) groups excluding carboxylic acids is 2. The van der Waals surface area contributed by atoms with Crippen molar-refractivity contribution in [1.29, 1.82) is 0 Å². The van der Waals surface area contributed by atoms with Gasteiger partial charge in [-0.05, 0) is 40.5 Å². The Balaban J connectivity index is 1.66. The third kappa shape index (κ3) is 6.16. The van der Waals surface area contributed by atoms with E-state index in [1.807, 2.05) is 64.1 Å². The van der Waals surface area contributed by atoms with Crippen molar-refractivity contribution < 1.29 is 24.2 Å². The van der Waals surface area contributed by atoms with Gasteiger partial charge in [-0.15, -0.1) is 0 Å². The van der Waals surface area contributed by atoms with Gasteiger partial charge in [0.2, 0.25) is 5.91 Å². The van der Waals surface area contributed by atoms with Gasteiger partial charge in [0.15, 0.2) is 0 Å². The molecule has 0 aromatic heterocycles. The van der Waals surface area contributed by atoms with Gasteiger partial charge in [-0.3, -0.25) is 9.59 Å². The molecule has 7 nitrogen and oxygen atoms in total. The summed E-state index contributed by atoms with van der Waals surface area (Å²) >= 11 is 0. The number of benzene rings is 2. The van der Waals surface area contributed by atoms with Gasteiger partial charge in [-0.2, -0.15) is 0 Å². The van der Waals surface area contributed by atoms with E-state index in [9.17, 15) is 14.4 Å². The molecule has 7 heteroatoms. The lowest BCUT2D eigenvalue weighted by molar-refractivity contribution is -0.138. The average Bonchev–Trinajstić information content (AvgIpc) is 3.10. The predicted octanol–water partition coefficient (Wildman–Crippen LogP) is 4.56. The molecule has 3 N–H and O–H groups in total. The Kier molecular flexibility index (Phi) is 8.31. The van der Waals surface area contributed by atoms with Crippen LogP contribution < -0.4 is 10.6 Å². The van der Waals surface area contributed by atoms with E-state index in [0.717, 1.165) is 22.3 Å². The Bertz CT molecular complexity index is 988. The van der Waals surface area contributed by atoms with E-state index in [-0.39, 0.29) is 30.8 Å². The van der Waals surface area contributed by atoms with E-state index in [0.29, 0.717) is 6.42 Å². The van der Waals surface area contributed by atoms with Crippen molar-refractivity contribution in [2.75, 3.05) is 6.61 Å². The number of carbonyl (C=O) groups is 3. The van der Waals surface area contributed by atoms with Crippen molar-refractivity contribution in [2.24, 2.45) is 11.8 Å². The predicted molar refractivity (Wildman–Crippen MR) is 130 cm³/mol. The zero-order valence-corrected chi connectivity index (χ0v) is 20.2. The second-order valence-corrected chi connectivity index (χ2v) is 9.61. The first-order chi connectivity index (χ1) is 16.2. The minimum Gasteiger partial charge on any atom is -0.481 e. The minimum atomic E-state index is -0.982. The van der Waals surface area contributed by atoms with Crippen LogP contribution in [-0.4, -0.2) is 41.8 Å². The summed E-state index contributed by atoms with van der Waals surface area (Å²) in [5, 5.41) is 14.6. The molecule has 0 saturated heterocycles. The third-order valence-electron chi connectivity index (χ3n) is 6.19. The Hall–Kier alpha value is -3.35. The number of rotatable bonds is 10. The monoisotopic (exact) mass is 466 g/mol. The van der Waals surface area contributed by atoms with E-state index >= 15 is 0 Å². The topological polar surface area (TPSA) is 105 Å². The fraction of sp³-hybridized carbons (Fsp3) is 0.444. The molecule has 1 aliphatic carbocycles. The molecule has 2 atom stereocenters. The summed E-state index contributed by atoms with van der Waals surface area (Å²) in [6.45, 7) is 7.77. The SMILES string of the molecule is CC(C)CC(NC(=O)OCC1c2ccccc2-c2ccccc21)C(=O)NC(CC(=O)O)C(C)C. The highest BCUT2D eigenvalue weighted by Crippen LogP contribution is 2.44. The second-order valence-electron chi connectivity index (χ2n) is 9.61. The molecule has 2 aromatic carbocycles. The van der Waals surface area contributed by atoms with E-state index in [2.05, 4.69) is 22.8 Å². The number of carboxylic acids is 1. The molecule has 182 valence electrons. The quantitative estimate of drug-likeness (QED) is 0.476. The van der Waals surface area contributed by atoms with Crippen molar-refractivity contribution in [3.63, 3.8) is 0 Å². The Morgan fingerprint density at radius 3 is 1.97 bits per heavy atom. The molecule has 2 aromatic rings. The summed E-state index contributed by atoms with van der Waals surface area (Å²) in [5.41, 5.74) is 4.51. The average molecular weight is 467 g/mol. The smallest absolute Gasteiger partial charge is 0.407 e. The van der Waals surface area contributed by atoms with Gasteiger partial charge in [0.25, 0.3) is 0 Å². The fourth-order valence-electron chi connectivity index (χ4n) is 4.41. The summed E-state index contributed by atoms with van der Waals surface area (Å²) in [4.78, 5) is 36.8. The van der Waals surface area contributed by atoms with Crippen LogP contribution >= 0.6 is 0 Å². The van der Waals surface area contributed by atoms with Crippen molar-refractivity contribution in [2.45, 2.75) is 58.5 Å². The lowest BCUT2D eigenvalue weighted by atomic mass is 9.98. The number of fused-ring (bicyclic) bond motifs is 3. The van der Waals surface area contributed by atoms with Crippen molar-refractivity contribution in [3.05, 3.63) is 59.7 Å². The number of ether oxygens (including phenoxy) is 1. The first kappa shape index (κ1) is 25.3. The van der Waals surface area contributed by atoms with Crippen LogP contribution in [0.4, 0.5) is 4.79 Å². The second kappa shape index (κ2) is 11.2. The summed E-state index contributed by atoms with van der Waals surface area (Å²) in [6.07, 6.45) is -0.432. The molecule has 0 spiro atoms. The van der Waals surface area contributed by atoms with Crippen LogP contribution in [0.5, 0.6) is 0 Å². The molecule has 3 rings (SSSR count). The van der Waals surface area contributed by atoms with Gasteiger partial charge in [0.1, 0.15) is 12.6 Å². The molecular formula is C27H34N2O5. The zero-order chi connectivity index (χ0) is 24.8. The van der Waals surface area contributed by atoms with Gasteiger partial charge >= 0.3 is 12.1 Å². The van der Waals surface area contributed by atoms with Crippen molar-refractivity contribution in [3.8, 4) is 11.1 Å². The van der Waals surface area contributed by atoms with Crippen LogP contribution in [0.25, 0.3) is 11.1 Å². The molecule has 0 saturated carbocycles. The molecular weight excluding hydrogens is 432 g/mol. The maximum atomic E-state index is 12.9. The highest BCUT2D eigenvalue weighted by molar-refractivity contribution is 5.86. The van der Waals surface area contributed by atoms with Crippen LogP contribution in [-0.2, 0) is 14.3 Å². The number of amides is 2. The highest BCUT2D eigenvalue weighted by atomic mass is 16.5. The number of nitrogens with one attached hydrogen (secondary N) is 2. The Morgan fingerprint density at radius 1 is 0.912 bits per heavy atom. The molecule has 0 heterocycles. The number of alkyl carbamates (subject to hydrolysis) is 1. The molecule has 0 fully saturated rings. The number of aliphatic carboxylic acids is 1. The molecule has 0 aliphatic heterocycles. The summed E-state index contributed by atoms with van der Waals surface area (Å²) in [7, 11) is 0. The van der Waals surface area contributed by atoms with Crippen LogP contribution in [0.1, 0.15) is 57.6 Å².